The number of anilines is 1. The van der Waals surface area contributed by atoms with Crippen LogP contribution in [-0.4, -0.2) is 98.8 Å². The minimum Gasteiger partial charge on any atom is -0.451 e. The highest BCUT2D eigenvalue weighted by molar-refractivity contribution is 5.97. The fourth-order valence-electron chi connectivity index (χ4n) is 7.35. The molecule has 0 unspecified atom stereocenters. The van der Waals surface area contributed by atoms with Crippen molar-refractivity contribution >= 4 is 22.8 Å². The molecule has 2 N–H and O–H groups in total. The van der Waals surface area contributed by atoms with E-state index in [9.17, 15) is 23.6 Å². The van der Waals surface area contributed by atoms with Gasteiger partial charge in [0.15, 0.2) is 17.4 Å². The van der Waals surface area contributed by atoms with Crippen LogP contribution in [-0.2, 0) is 9.53 Å². The third-order valence-electron chi connectivity index (χ3n) is 10.2. The van der Waals surface area contributed by atoms with E-state index in [4.69, 9.17) is 15.2 Å². The largest absolute Gasteiger partial charge is 0.451 e. The van der Waals surface area contributed by atoms with Gasteiger partial charge < -0.3 is 20.1 Å². The molecule has 14 heteroatoms. The van der Waals surface area contributed by atoms with Crippen molar-refractivity contribution in [2.24, 2.45) is 0 Å². The van der Waals surface area contributed by atoms with Gasteiger partial charge in [0.1, 0.15) is 28.7 Å². The third kappa shape index (κ3) is 6.60. The Morgan fingerprint density at radius 1 is 1.04 bits per heavy atom. The molecule has 2 aromatic heterocycles. The summed E-state index contributed by atoms with van der Waals surface area (Å²) in [4.78, 5) is 38.8. The normalized spacial score (nSPS) is 19.5. The SMILES string of the molecule is CC(C)(/C=C(/C#N)C(=O)N1CCC[C@@H](n2c(=O)n(-c3ccc(Oc4c(F)cccc4F)cc3)c3c(N)nccc32)C1)N1CCN(C2COC2)CC1. The highest BCUT2D eigenvalue weighted by Crippen LogP contribution is 2.32. The van der Waals surface area contributed by atoms with Crippen molar-refractivity contribution < 1.29 is 23.0 Å². The molecule has 3 fully saturated rings. The molecule has 266 valence electrons. The second kappa shape index (κ2) is 13.9. The summed E-state index contributed by atoms with van der Waals surface area (Å²) in [6.07, 6.45) is 4.56. The van der Waals surface area contributed by atoms with Crippen LogP contribution < -0.4 is 16.2 Å². The number of hydrogen-bond acceptors (Lipinski definition) is 9. The smallest absolute Gasteiger partial charge is 0.334 e. The maximum absolute atomic E-state index is 14.3. The number of piperidine rings is 1. The number of nitrogens with two attached hydrogens (primary N) is 1. The Hall–Kier alpha value is -5.10. The Labute approximate surface area is 293 Å². The van der Waals surface area contributed by atoms with Crippen LogP contribution in [0.2, 0.25) is 0 Å². The zero-order valence-electron chi connectivity index (χ0n) is 28.6. The highest BCUT2D eigenvalue weighted by atomic mass is 19.1. The molecule has 3 saturated heterocycles. The quantitative estimate of drug-likeness (QED) is 0.212. The van der Waals surface area contributed by atoms with Gasteiger partial charge >= 0.3 is 5.69 Å². The summed E-state index contributed by atoms with van der Waals surface area (Å²) in [5.74, 6) is -2.26. The average Bonchev–Trinajstić information content (AvgIpc) is 3.41. The van der Waals surface area contributed by atoms with E-state index in [0.717, 1.165) is 51.5 Å². The fraction of sp³-hybridized carbons (Fsp3) is 0.405. The lowest BCUT2D eigenvalue weighted by atomic mass is 9.96. The van der Waals surface area contributed by atoms with Crippen molar-refractivity contribution in [2.75, 3.05) is 58.2 Å². The van der Waals surface area contributed by atoms with Crippen LogP contribution in [0.3, 0.4) is 0 Å². The van der Waals surface area contributed by atoms with E-state index in [1.165, 1.54) is 29.0 Å². The number of fused-ring (bicyclic) bond motifs is 1. The first-order valence-corrected chi connectivity index (χ1v) is 17.1. The van der Waals surface area contributed by atoms with Gasteiger partial charge in [-0.2, -0.15) is 5.26 Å². The predicted octanol–water partition coefficient (Wildman–Crippen LogP) is 4.25. The van der Waals surface area contributed by atoms with Crippen LogP contribution in [0.25, 0.3) is 16.7 Å². The molecule has 3 aliphatic heterocycles. The molecule has 2 aromatic carbocycles. The van der Waals surface area contributed by atoms with Gasteiger partial charge in [0.2, 0.25) is 0 Å². The minimum absolute atomic E-state index is 0.0799. The van der Waals surface area contributed by atoms with Gasteiger partial charge in [-0.1, -0.05) is 6.07 Å². The summed E-state index contributed by atoms with van der Waals surface area (Å²) in [6.45, 7) is 9.74. The number of carbonyl (C=O) groups excluding carboxylic acids is 1. The van der Waals surface area contributed by atoms with E-state index in [0.29, 0.717) is 42.1 Å². The van der Waals surface area contributed by atoms with E-state index in [2.05, 4.69) is 20.9 Å². The summed E-state index contributed by atoms with van der Waals surface area (Å²) in [6, 6.07) is 13.6. The number of nitrogen functional groups attached to an aromatic ring is 1. The number of benzene rings is 2. The first kappa shape index (κ1) is 34.4. The number of amides is 1. The number of nitriles is 1. The molecule has 0 radical (unpaired) electrons. The first-order valence-electron chi connectivity index (χ1n) is 17.1. The fourth-order valence-corrected chi connectivity index (χ4v) is 7.35. The molecule has 0 aliphatic carbocycles. The number of imidazole rings is 1. The number of hydrogen-bond donors (Lipinski definition) is 1. The van der Waals surface area contributed by atoms with E-state index < -0.39 is 29.0 Å². The number of nitrogens with zero attached hydrogens (tertiary/aromatic N) is 7. The maximum Gasteiger partial charge on any atom is 0.334 e. The molecule has 0 saturated carbocycles. The lowest BCUT2D eigenvalue weighted by Crippen LogP contribution is -2.59. The van der Waals surface area contributed by atoms with E-state index >= 15 is 0 Å². The number of likely N-dealkylation sites (tertiary alicyclic amines) is 1. The van der Waals surface area contributed by atoms with Gasteiger partial charge in [0.25, 0.3) is 5.91 Å². The van der Waals surface area contributed by atoms with Crippen molar-refractivity contribution in [1.82, 2.24) is 28.8 Å². The standard InChI is InChI=1S/C37H40F2N8O4/c1-37(2,45-17-15-43(16-18-45)27-22-50-23-27)19-24(20-40)35(48)44-14-4-5-26(21-44)46-31-12-13-42-34(41)32(31)47(36(46)49)25-8-10-28(11-9-25)51-33-29(38)6-3-7-30(33)39/h3,6-13,19,26-27H,4-5,14-18,21-23H2,1-2H3,(H2,41,42)/b24-19-/t26-/m1/s1. The van der Waals surface area contributed by atoms with Crippen molar-refractivity contribution in [3.05, 3.63) is 88.5 Å². The molecule has 5 heterocycles. The Morgan fingerprint density at radius 3 is 2.39 bits per heavy atom. The second-order valence-corrected chi connectivity index (χ2v) is 13.8. The number of ether oxygens (including phenoxy) is 2. The zero-order chi connectivity index (χ0) is 35.9. The number of para-hydroxylation sites is 1. The van der Waals surface area contributed by atoms with Crippen LogP contribution in [0.5, 0.6) is 11.5 Å². The van der Waals surface area contributed by atoms with Crippen LogP contribution in [0.15, 0.2) is 71.2 Å². The predicted molar refractivity (Wildman–Crippen MR) is 187 cm³/mol. The molecule has 4 aromatic rings. The Morgan fingerprint density at radius 2 is 1.75 bits per heavy atom. The maximum atomic E-state index is 14.3. The molecule has 1 amide bonds. The summed E-state index contributed by atoms with van der Waals surface area (Å²) < 4.78 is 42.3. The number of piperazine rings is 1. The number of aromatic nitrogens is 3. The van der Waals surface area contributed by atoms with Crippen LogP contribution in [0.4, 0.5) is 14.6 Å². The first-order chi connectivity index (χ1) is 24.6. The molecular weight excluding hydrogens is 658 g/mol. The molecule has 0 bridgehead atoms. The monoisotopic (exact) mass is 698 g/mol. The zero-order valence-corrected chi connectivity index (χ0v) is 28.6. The van der Waals surface area contributed by atoms with Crippen LogP contribution >= 0.6 is 0 Å². The van der Waals surface area contributed by atoms with Crippen molar-refractivity contribution in [1.29, 1.82) is 5.26 Å². The average molecular weight is 699 g/mol. The molecule has 12 nitrogen and oxygen atoms in total. The summed E-state index contributed by atoms with van der Waals surface area (Å²) in [7, 11) is 0. The third-order valence-corrected chi connectivity index (χ3v) is 10.2. The molecule has 0 spiro atoms. The molecular formula is C37H40F2N8O4. The van der Waals surface area contributed by atoms with Gasteiger partial charge in [0.05, 0.1) is 36.5 Å². The minimum atomic E-state index is -0.841. The Balaban J connectivity index is 1.13. The van der Waals surface area contributed by atoms with Gasteiger partial charge in [-0.3, -0.25) is 23.7 Å². The molecule has 7 rings (SSSR count). The lowest BCUT2D eigenvalue weighted by molar-refractivity contribution is -0.128. The van der Waals surface area contributed by atoms with Gasteiger partial charge in [-0.05, 0) is 75.2 Å². The number of carbonyl (C=O) groups is 1. The van der Waals surface area contributed by atoms with Gasteiger partial charge in [-0.15, -0.1) is 0 Å². The molecule has 1 atom stereocenters. The van der Waals surface area contributed by atoms with E-state index in [-0.39, 0.29) is 35.3 Å². The number of rotatable bonds is 8. The van der Waals surface area contributed by atoms with Crippen molar-refractivity contribution in [3.63, 3.8) is 0 Å². The summed E-state index contributed by atoms with van der Waals surface area (Å²) in [5.41, 5.74) is 6.90. The number of halogens is 2. The summed E-state index contributed by atoms with van der Waals surface area (Å²) in [5, 5.41) is 10.2. The summed E-state index contributed by atoms with van der Waals surface area (Å²) >= 11 is 0. The molecule has 3 aliphatic rings. The lowest BCUT2D eigenvalue weighted by Gasteiger charge is -2.46. The van der Waals surface area contributed by atoms with Crippen molar-refractivity contribution in [2.45, 2.75) is 44.3 Å². The second-order valence-electron chi connectivity index (χ2n) is 13.8. The van der Waals surface area contributed by atoms with E-state index in [1.807, 2.05) is 13.8 Å². The van der Waals surface area contributed by atoms with Crippen LogP contribution in [0, 0.1) is 23.0 Å². The number of pyridine rings is 1. The van der Waals surface area contributed by atoms with Gasteiger partial charge in [0, 0.05) is 51.0 Å². The van der Waals surface area contributed by atoms with Crippen molar-refractivity contribution in [3.8, 4) is 23.3 Å². The van der Waals surface area contributed by atoms with Crippen LogP contribution in [0.1, 0.15) is 32.7 Å². The van der Waals surface area contributed by atoms with Gasteiger partial charge in [-0.25, -0.2) is 18.6 Å². The highest BCUT2D eigenvalue weighted by Gasteiger charge is 2.35. The Kier molecular flexibility index (Phi) is 9.36. The van der Waals surface area contributed by atoms with E-state index in [1.54, 1.807) is 33.7 Å². The topological polar surface area (TPSA) is 135 Å². The molecule has 51 heavy (non-hydrogen) atoms. The Bertz CT molecular complexity index is 2050.